The van der Waals surface area contributed by atoms with Gasteiger partial charge in [0, 0.05) is 10.7 Å². The number of halogens is 2. The van der Waals surface area contributed by atoms with Crippen molar-refractivity contribution in [2.45, 2.75) is 24.1 Å². The lowest BCUT2D eigenvalue weighted by Gasteiger charge is -2.17. The quantitative estimate of drug-likeness (QED) is 0.742. The Morgan fingerprint density at radius 2 is 1.71 bits per heavy atom. The molecule has 2 aromatic carbocycles. The van der Waals surface area contributed by atoms with Gasteiger partial charge in [0.15, 0.2) is 0 Å². The second-order valence-electron chi connectivity index (χ2n) is 5.80. The molecule has 1 aliphatic rings. The van der Waals surface area contributed by atoms with Crippen molar-refractivity contribution < 1.29 is 4.79 Å². The van der Waals surface area contributed by atoms with E-state index >= 15 is 0 Å². The van der Waals surface area contributed by atoms with Gasteiger partial charge in [-0.2, -0.15) is 0 Å². The van der Waals surface area contributed by atoms with Crippen LogP contribution in [0.3, 0.4) is 0 Å². The molecular formula is C17H15BrClNO. The maximum Gasteiger partial charge on any atom is 0.234 e. The van der Waals surface area contributed by atoms with E-state index in [1.807, 2.05) is 50.2 Å². The van der Waals surface area contributed by atoms with E-state index in [4.69, 9.17) is 11.6 Å². The molecule has 21 heavy (non-hydrogen) atoms. The van der Waals surface area contributed by atoms with E-state index in [0.717, 1.165) is 27.4 Å². The zero-order valence-electron chi connectivity index (χ0n) is 11.8. The SMILES string of the molecule is CC1(C)C(=O)Nc2ccc(C(Br)c3ccc(Cl)cc3)cc21. The van der Waals surface area contributed by atoms with Crippen molar-refractivity contribution >= 4 is 39.1 Å². The molecule has 0 spiro atoms. The summed E-state index contributed by atoms with van der Waals surface area (Å²) in [6.45, 7) is 3.90. The molecule has 1 atom stereocenters. The fourth-order valence-corrected chi connectivity index (χ4v) is 3.29. The molecule has 1 N–H and O–H groups in total. The summed E-state index contributed by atoms with van der Waals surface area (Å²) < 4.78 is 0. The summed E-state index contributed by atoms with van der Waals surface area (Å²) in [7, 11) is 0. The number of carbonyl (C=O) groups is 1. The molecule has 108 valence electrons. The number of alkyl halides is 1. The highest BCUT2D eigenvalue weighted by molar-refractivity contribution is 9.09. The smallest absolute Gasteiger partial charge is 0.234 e. The van der Waals surface area contributed by atoms with E-state index in [1.54, 1.807) is 0 Å². The van der Waals surface area contributed by atoms with Crippen molar-refractivity contribution in [2.75, 3.05) is 5.32 Å². The van der Waals surface area contributed by atoms with Crippen LogP contribution in [0, 0.1) is 0 Å². The lowest BCUT2D eigenvalue weighted by Crippen LogP contribution is -2.26. The Labute approximate surface area is 137 Å². The zero-order valence-corrected chi connectivity index (χ0v) is 14.1. The first-order valence-corrected chi connectivity index (χ1v) is 8.04. The van der Waals surface area contributed by atoms with Crippen LogP contribution in [0.1, 0.15) is 35.4 Å². The number of benzene rings is 2. The number of rotatable bonds is 2. The maximum atomic E-state index is 12.0. The van der Waals surface area contributed by atoms with E-state index in [-0.39, 0.29) is 10.7 Å². The highest BCUT2D eigenvalue weighted by Crippen LogP contribution is 2.41. The Bertz CT molecular complexity index is 709. The molecule has 1 amide bonds. The van der Waals surface area contributed by atoms with E-state index in [0.29, 0.717) is 0 Å². The number of anilines is 1. The van der Waals surface area contributed by atoms with Crippen molar-refractivity contribution in [1.82, 2.24) is 0 Å². The Morgan fingerprint density at radius 3 is 2.38 bits per heavy atom. The predicted molar refractivity (Wildman–Crippen MR) is 90.3 cm³/mol. The minimum atomic E-state index is -0.488. The number of nitrogens with one attached hydrogen (secondary N) is 1. The Morgan fingerprint density at radius 1 is 1.10 bits per heavy atom. The molecular weight excluding hydrogens is 350 g/mol. The van der Waals surface area contributed by atoms with Crippen molar-refractivity contribution in [2.24, 2.45) is 0 Å². The molecule has 2 nitrogen and oxygen atoms in total. The number of carbonyl (C=O) groups excluding carboxylic acids is 1. The van der Waals surface area contributed by atoms with Crippen LogP contribution in [0.5, 0.6) is 0 Å². The number of hydrogen-bond donors (Lipinski definition) is 1. The molecule has 0 aliphatic carbocycles. The minimum Gasteiger partial charge on any atom is -0.325 e. The third-order valence-electron chi connectivity index (χ3n) is 3.99. The van der Waals surface area contributed by atoms with Gasteiger partial charge in [-0.05, 0) is 48.7 Å². The first-order valence-electron chi connectivity index (χ1n) is 6.75. The highest BCUT2D eigenvalue weighted by atomic mass is 79.9. The van der Waals surface area contributed by atoms with Crippen LogP contribution in [0.15, 0.2) is 42.5 Å². The second kappa shape index (κ2) is 5.15. The molecule has 0 bridgehead atoms. The van der Waals surface area contributed by atoms with Crippen LogP contribution >= 0.6 is 27.5 Å². The van der Waals surface area contributed by atoms with Crippen LogP contribution in [0.25, 0.3) is 0 Å². The lowest BCUT2D eigenvalue weighted by atomic mass is 9.85. The molecule has 1 unspecified atom stereocenters. The molecule has 0 fully saturated rings. The average molecular weight is 365 g/mol. The van der Waals surface area contributed by atoms with Gasteiger partial charge in [-0.3, -0.25) is 4.79 Å². The molecule has 3 rings (SSSR count). The van der Waals surface area contributed by atoms with Gasteiger partial charge in [-0.25, -0.2) is 0 Å². The van der Waals surface area contributed by atoms with Gasteiger partial charge in [0.25, 0.3) is 0 Å². The summed E-state index contributed by atoms with van der Waals surface area (Å²) in [5.74, 6) is 0.0484. The van der Waals surface area contributed by atoms with Crippen LogP contribution in [-0.4, -0.2) is 5.91 Å². The van der Waals surface area contributed by atoms with Crippen LogP contribution in [-0.2, 0) is 10.2 Å². The predicted octanol–water partition coefficient (Wildman–Crippen LogP) is 5.05. The third-order valence-corrected chi connectivity index (χ3v) is 5.30. The van der Waals surface area contributed by atoms with Crippen molar-refractivity contribution in [3.63, 3.8) is 0 Å². The topological polar surface area (TPSA) is 29.1 Å². The lowest BCUT2D eigenvalue weighted by molar-refractivity contribution is -0.119. The highest BCUT2D eigenvalue weighted by Gasteiger charge is 2.38. The molecule has 0 saturated carbocycles. The Balaban J connectivity index is 2.00. The Kier molecular flexibility index (Phi) is 3.58. The van der Waals surface area contributed by atoms with Crippen molar-refractivity contribution in [3.8, 4) is 0 Å². The van der Waals surface area contributed by atoms with E-state index in [1.165, 1.54) is 0 Å². The van der Waals surface area contributed by atoms with Gasteiger partial charge in [0.1, 0.15) is 0 Å². The summed E-state index contributed by atoms with van der Waals surface area (Å²) in [5.41, 5.74) is 3.72. The number of fused-ring (bicyclic) bond motifs is 1. The fourth-order valence-electron chi connectivity index (χ4n) is 2.57. The van der Waals surface area contributed by atoms with Crippen LogP contribution in [0.2, 0.25) is 5.02 Å². The van der Waals surface area contributed by atoms with Gasteiger partial charge in [0.05, 0.1) is 10.2 Å². The molecule has 1 aliphatic heterocycles. The van der Waals surface area contributed by atoms with Gasteiger partial charge in [-0.15, -0.1) is 0 Å². The van der Waals surface area contributed by atoms with Gasteiger partial charge >= 0.3 is 0 Å². The second-order valence-corrected chi connectivity index (χ2v) is 7.15. The monoisotopic (exact) mass is 363 g/mol. The molecule has 2 aromatic rings. The van der Waals surface area contributed by atoms with E-state index < -0.39 is 5.41 Å². The minimum absolute atomic E-state index is 0.0484. The summed E-state index contributed by atoms with van der Waals surface area (Å²) in [6.07, 6.45) is 0. The van der Waals surface area contributed by atoms with Crippen molar-refractivity contribution in [3.05, 3.63) is 64.2 Å². The average Bonchev–Trinajstić information content (AvgIpc) is 2.69. The van der Waals surface area contributed by atoms with E-state index in [2.05, 4.69) is 27.3 Å². The summed E-state index contributed by atoms with van der Waals surface area (Å²) in [4.78, 5) is 12.1. The van der Waals surface area contributed by atoms with Gasteiger partial charge in [0.2, 0.25) is 5.91 Å². The van der Waals surface area contributed by atoms with Gasteiger partial charge in [-0.1, -0.05) is 51.8 Å². The van der Waals surface area contributed by atoms with Gasteiger partial charge < -0.3 is 5.32 Å². The molecule has 0 aromatic heterocycles. The summed E-state index contributed by atoms with van der Waals surface area (Å²) in [5, 5.41) is 3.65. The largest absolute Gasteiger partial charge is 0.325 e. The molecule has 0 radical (unpaired) electrons. The number of hydrogen-bond acceptors (Lipinski definition) is 1. The van der Waals surface area contributed by atoms with Crippen molar-refractivity contribution in [1.29, 1.82) is 0 Å². The first kappa shape index (κ1) is 14.6. The molecule has 1 heterocycles. The summed E-state index contributed by atoms with van der Waals surface area (Å²) in [6, 6.07) is 13.9. The molecule has 0 saturated heterocycles. The standard InChI is InChI=1S/C17H15BrClNO/c1-17(2)13-9-11(5-8-14(13)20-16(17)21)15(18)10-3-6-12(19)7-4-10/h3-9,15H,1-2H3,(H,20,21). The first-order chi connectivity index (χ1) is 9.89. The van der Waals surface area contributed by atoms with Crippen LogP contribution < -0.4 is 5.32 Å². The maximum absolute atomic E-state index is 12.0. The normalized spacial score (nSPS) is 17.2. The zero-order chi connectivity index (χ0) is 15.2. The third kappa shape index (κ3) is 2.49. The van der Waals surface area contributed by atoms with Crippen LogP contribution in [0.4, 0.5) is 5.69 Å². The number of amides is 1. The van der Waals surface area contributed by atoms with E-state index in [9.17, 15) is 4.79 Å². The summed E-state index contributed by atoms with van der Waals surface area (Å²) >= 11 is 9.66. The Hall–Kier alpha value is -1.32. The molecule has 4 heteroatoms. The fraction of sp³-hybridized carbons (Fsp3) is 0.235.